The Hall–Kier alpha value is -1.59. The number of nitrogens with one attached hydrogen (secondary N) is 2. The van der Waals surface area contributed by atoms with E-state index in [-0.39, 0.29) is 5.91 Å². The SMILES string of the molecule is CCCOc1ccc(CNC(=O)CN2CCCC(NC)C2)cc1. The average Bonchev–Trinajstić information content (AvgIpc) is 2.59. The third-order valence-electron chi connectivity index (χ3n) is 4.17. The van der Waals surface area contributed by atoms with E-state index in [1.165, 1.54) is 6.42 Å². The maximum Gasteiger partial charge on any atom is 0.234 e. The second-order valence-electron chi connectivity index (χ2n) is 6.13. The second-order valence-corrected chi connectivity index (χ2v) is 6.13. The molecule has 5 heteroatoms. The molecule has 1 aromatic carbocycles. The molecule has 1 aliphatic rings. The highest BCUT2D eigenvalue weighted by molar-refractivity contribution is 5.78. The molecule has 0 saturated carbocycles. The molecule has 1 aromatic rings. The fraction of sp³-hybridized carbons (Fsp3) is 0.611. The molecule has 0 radical (unpaired) electrons. The summed E-state index contributed by atoms with van der Waals surface area (Å²) in [6.45, 7) is 5.83. The van der Waals surface area contributed by atoms with Crippen LogP contribution in [-0.4, -0.2) is 50.1 Å². The van der Waals surface area contributed by atoms with Gasteiger partial charge in [0.15, 0.2) is 0 Å². The molecule has 5 nitrogen and oxygen atoms in total. The van der Waals surface area contributed by atoms with Crippen molar-refractivity contribution < 1.29 is 9.53 Å². The van der Waals surface area contributed by atoms with E-state index >= 15 is 0 Å². The number of benzene rings is 1. The van der Waals surface area contributed by atoms with Crippen LogP contribution in [0.5, 0.6) is 5.75 Å². The lowest BCUT2D eigenvalue weighted by molar-refractivity contribution is -0.122. The molecule has 1 atom stereocenters. The van der Waals surface area contributed by atoms with Gasteiger partial charge < -0.3 is 15.4 Å². The van der Waals surface area contributed by atoms with Crippen molar-refractivity contribution in [2.75, 3.05) is 33.3 Å². The number of carbonyl (C=O) groups excluding carboxylic acids is 1. The normalized spacial score (nSPS) is 18.6. The van der Waals surface area contributed by atoms with Crippen LogP contribution in [0.4, 0.5) is 0 Å². The van der Waals surface area contributed by atoms with Gasteiger partial charge in [-0.25, -0.2) is 0 Å². The highest BCUT2D eigenvalue weighted by Gasteiger charge is 2.19. The first-order valence-electron chi connectivity index (χ1n) is 8.59. The number of amides is 1. The van der Waals surface area contributed by atoms with Gasteiger partial charge in [-0.15, -0.1) is 0 Å². The Morgan fingerprint density at radius 2 is 2.13 bits per heavy atom. The van der Waals surface area contributed by atoms with E-state index in [9.17, 15) is 4.79 Å². The summed E-state index contributed by atoms with van der Waals surface area (Å²) in [6.07, 6.45) is 3.35. The predicted molar refractivity (Wildman–Crippen MR) is 92.6 cm³/mol. The highest BCUT2D eigenvalue weighted by atomic mass is 16.5. The largest absolute Gasteiger partial charge is 0.494 e. The van der Waals surface area contributed by atoms with Gasteiger partial charge in [0.2, 0.25) is 5.91 Å². The maximum absolute atomic E-state index is 12.1. The topological polar surface area (TPSA) is 53.6 Å². The smallest absolute Gasteiger partial charge is 0.234 e. The van der Waals surface area contributed by atoms with Crippen LogP contribution in [0.3, 0.4) is 0 Å². The Balaban J connectivity index is 1.71. The van der Waals surface area contributed by atoms with Gasteiger partial charge in [-0.1, -0.05) is 19.1 Å². The maximum atomic E-state index is 12.1. The zero-order valence-electron chi connectivity index (χ0n) is 14.3. The van der Waals surface area contributed by atoms with E-state index < -0.39 is 0 Å². The van der Waals surface area contributed by atoms with Gasteiger partial charge in [-0.2, -0.15) is 0 Å². The number of piperidine rings is 1. The summed E-state index contributed by atoms with van der Waals surface area (Å²) in [5, 5.41) is 6.30. The lowest BCUT2D eigenvalue weighted by Crippen LogP contribution is -2.47. The molecule has 128 valence electrons. The van der Waals surface area contributed by atoms with E-state index in [0.717, 1.165) is 43.9 Å². The van der Waals surface area contributed by atoms with E-state index in [1.54, 1.807) is 0 Å². The summed E-state index contributed by atoms with van der Waals surface area (Å²) in [4.78, 5) is 14.3. The molecule has 0 aliphatic carbocycles. The Labute approximate surface area is 139 Å². The zero-order chi connectivity index (χ0) is 16.5. The van der Waals surface area contributed by atoms with Gasteiger partial charge in [0.1, 0.15) is 5.75 Å². The second kappa shape index (κ2) is 9.53. The minimum absolute atomic E-state index is 0.0908. The molecule has 0 spiro atoms. The molecular weight excluding hydrogens is 290 g/mol. The fourth-order valence-electron chi connectivity index (χ4n) is 2.82. The summed E-state index contributed by atoms with van der Waals surface area (Å²) in [5.41, 5.74) is 1.09. The van der Waals surface area contributed by atoms with Crippen molar-refractivity contribution in [2.45, 2.75) is 38.8 Å². The zero-order valence-corrected chi connectivity index (χ0v) is 14.3. The third-order valence-corrected chi connectivity index (χ3v) is 4.17. The third kappa shape index (κ3) is 6.20. The van der Waals surface area contributed by atoms with Crippen molar-refractivity contribution in [1.29, 1.82) is 0 Å². The van der Waals surface area contributed by atoms with Crippen LogP contribution in [-0.2, 0) is 11.3 Å². The Morgan fingerprint density at radius 3 is 2.83 bits per heavy atom. The molecule has 1 saturated heterocycles. The summed E-state index contributed by atoms with van der Waals surface area (Å²) in [6, 6.07) is 8.43. The van der Waals surface area contributed by atoms with E-state index in [4.69, 9.17) is 4.74 Å². The van der Waals surface area contributed by atoms with Crippen molar-refractivity contribution in [3.8, 4) is 5.75 Å². The molecule has 0 aromatic heterocycles. The van der Waals surface area contributed by atoms with Crippen LogP contribution in [0, 0.1) is 0 Å². The molecule has 1 unspecified atom stereocenters. The lowest BCUT2D eigenvalue weighted by atomic mass is 10.1. The number of carbonyl (C=O) groups is 1. The molecular formula is C18H29N3O2. The van der Waals surface area contributed by atoms with Crippen LogP contribution in [0.1, 0.15) is 31.7 Å². The molecule has 23 heavy (non-hydrogen) atoms. The summed E-state index contributed by atoms with van der Waals surface area (Å²) in [7, 11) is 1.99. The monoisotopic (exact) mass is 319 g/mol. The van der Waals surface area contributed by atoms with Crippen LogP contribution in [0.2, 0.25) is 0 Å². The van der Waals surface area contributed by atoms with Gasteiger partial charge in [0, 0.05) is 19.1 Å². The van der Waals surface area contributed by atoms with Crippen molar-refractivity contribution >= 4 is 5.91 Å². The number of likely N-dealkylation sites (tertiary alicyclic amines) is 1. The first kappa shape index (κ1) is 17.8. The molecule has 1 aliphatic heterocycles. The molecule has 2 rings (SSSR count). The predicted octanol–water partition coefficient (Wildman–Crippen LogP) is 1.78. The Kier molecular flexibility index (Phi) is 7.36. The van der Waals surface area contributed by atoms with Gasteiger partial charge in [0.05, 0.1) is 13.2 Å². The molecule has 1 amide bonds. The first-order chi connectivity index (χ1) is 11.2. The quantitative estimate of drug-likeness (QED) is 0.767. The van der Waals surface area contributed by atoms with Crippen LogP contribution < -0.4 is 15.4 Å². The summed E-state index contributed by atoms with van der Waals surface area (Å²) >= 11 is 0. The van der Waals surface area contributed by atoms with Crippen molar-refractivity contribution in [3.63, 3.8) is 0 Å². The van der Waals surface area contributed by atoms with Crippen LogP contribution in [0.15, 0.2) is 24.3 Å². The summed E-state index contributed by atoms with van der Waals surface area (Å²) < 4.78 is 5.56. The fourth-order valence-corrected chi connectivity index (χ4v) is 2.82. The van der Waals surface area contributed by atoms with Gasteiger partial charge >= 0.3 is 0 Å². The Bertz CT molecular complexity index is 476. The van der Waals surface area contributed by atoms with Crippen molar-refractivity contribution in [1.82, 2.24) is 15.5 Å². The number of nitrogens with zero attached hydrogens (tertiary/aromatic N) is 1. The Morgan fingerprint density at radius 1 is 1.35 bits per heavy atom. The van der Waals surface area contributed by atoms with E-state index in [1.807, 2.05) is 31.3 Å². The van der Waals surface area contributed by atoms with E-state index in [2.05, 4.69) is 22.5 Å². The van der Waals surface area contributed by atoms with Crippen LogP contribution in [0.25, 0.3) is 0 Å². The van der Waals surface area contributed by atoms with Crippen molar-refractivity contribution in [2.24, 2.45) is 0 Å². The van der Waals surface area contributed by atoms with Crippen molar-refractivity contribution in [3.05, 3.63) is 29.8 Å². The minimum Gasteiger partial charge on any atom is -0.494 e. The number of likely N-dealkylation sites (N-methyl/N-ethyl adjacent to an activating group) is 1. The highest BCUT2D eigenvalue weighted by Crippen LogP contribution is 2.12. The van der Waals surface area contributed by atoms with Gasteiger partial charge in [-0.05, 0) is 50.6 Å². The number of hydrogen-bond donors (Lipinski definition) is 2. The average molecular weight is 319 g/mol. The van der Waals surface area contributed by atoms with Gasteiger partial charge in [0.25, 0.3) is 0 Å². The number of ether oxygens (including phenoxy) is 1. The van der Waals surface area contributed by atoms with E-state index in [0.29, 0.717) is 19.1 Å². The molecule has 1 fully saturated rings. The molecule has 0 bridgehead atoms. The standard InChI is InChI=1S/C18H29N3O2/c1-3-11-23-17-8-6-15(7-9-17)12-20-18(22)14-21-10-4-5-16(13-21)19-2/h6-9,16,19H,3-5,10-14H2,1-2H3,(H,20,22). The lowest BCUT2D eigenvalue weighted by Gasteiger charge is -2.31. The van der Waals surface area contributed by atoms with Crippen LogP contribution >= 0.6 is 0 Å². The first-order valence-corrected chi connectivity index (χ1v) is 8.59. The molecule has 2 N–H and O–H groups in total. The van der Waals surface area contributed by atoms with Gasteiger partial charge in [-0.3, -0.25) is 9.69 Å². The summed E-state index contributed by atoms with van der Waals surface area (Å²) in [5.74, 6) is 0.974. The number of hydrogen-bond acceptors (Lipinski definition) is 4. The number of rotatable bonds is 8. The minimum atomic E-state index is 0.0908. The molecule has 1 heterocycles.